The van der Waals surface area contributed by atoms with E-state index in [0.29, 0.717) is 17.5 Å². The summed E-state index contributed by atoms with van der Waals surface area (Å²) in [6.07, 6.45) is 7.96. The molecule has 0 bridgehead atoms. The first-order valence-electron chi connectivity index (χ1n) is 16.1. The number of anilines is 1. The van der Waals surface area contributed by atoms with E-state index in [2.05, 4.69) is 78.1 Å². The molecular formula is C35H51FN4. The number of likely N-dealkylation sites (tertiary alicyclic amines) is 1. The Morgan fingerprint density at radius 1 is 1.10 bits per heavy atom. The van der Waals surface area contributed by atoms with Crippen molar-refractivity contribution in [2.24, 2.45) is 5.41 Å². The highest BCUT2D eigenvalue weighted by molar-refractivity contribution is 5.85. The van der Waals surface area contributed by atoms with Gasteiger partial charge in [-0.3, -0.25) is 9.80 Å². The zero-order valence-electron chi connectivity index (χ0n) is 25.7. The van der Waals surface area contributed by atoms with Crippen molar-refractivity contribution in [1.29, 1.82) is 0 Å². The van der Waals surface area contributed by atoms with Crippen molar-refractivity contribution in [3.05, 3.63) is 64.6 Å². The standard InChI is InChI=1S/C33H45FN4.C2H6/c1-5-8-16-37-20-24(21-37)35-23-18-22(6-2)30(27(34)19-23)32-31-26(25-11-9-10-12-28(25)36-31)14-17-38(32)29-13-15-33(29,4)7-3;1-2/h9-12,18-19,24,29,32,35-36H,5-8,13-17,20-21H2,1-4H3;1-2H3. The molecule has 40 heavy (non-hydrogen) atoms. The van der Waals surface area contributed by atoms with Gasteiger partial charge in [0.1, 0.15) is 5.82 Å². The maximum absolute atomic E-state index is 16.4. The lowest BCUT2D eigenvalue weighted by Gasteiger charge is -2.55. The normalized spacial score (nSPS) is 25.1. The van der Waals surface area contributed by atoms with E-state index in [1.807, 2.05) is 13.8 Å². The molecule has 0 amide bonds. The van der Waals surface area contributed by atoms with Crippen molar-refractivity contribution < 1.29 is 4.39 Å². The van der Waals surface area contributed by atoms with E-state index in [1.54, 1.807) is 6.07 Å². The second-order valence-electron chi connectivity index (χ2n) is 12.4. The van der Waals surface area contributed by atoms with Crippen LogP contribution in [-0.4, -0.2) is 53.0 Å². The van der Waals surface area contributed by atoms with Crippen LogP contribution in [0.4, 0.5) is 10.1 Å². The zero-order valence-corrected chi connectivity index (χ0v) is 25.7. The number of para-hydroxylation sites is 1. The number of fused-ring (bicyclic) bond motifs is 3. The highest BCUT2D eigenvalue weighted by atomic mass is 19.1. The number of halogens is 1. The van der Waals surface area contributed by atoms with Gasteiger partial charge in [0.15, 0.2) is 0 Å². The summed E-state index contributed by atoms with van der Waals surface area (Å²) in [5.74, 6) is -0.0620. The van der Waals surface area contributed by atoms with E-state index in [9.17, 15) is 0 Å². The summed E-state index contributed by atoms with van der Waals surface area (Å²) in [5.41, 5.74) is 7.02. The van der Waals surface area contributed by atoms with Crippen LogP contribution in [0.2, 0.25) is 0 Å². The van der Waals surface area contributed by atoms with E-state index in [-0.39, 0.29) is 11.9 Å². The molecule has 6 rings (SSSR count). The third-order valence-electron chi connectivity index (χ3n) is 10.1. The fourth-order valence-electron chi connectivity index (χ4n) is 7.47. The summed E-state index contributed by atoms with van der Waals surface area (Å²) in [5, 5.41) is 4.95. The maximum Gasteiger partial charge on any atom is 0.130 e. The molecule has 3 atom stereocenters. The number of aryl methyl sites for hydroxylation is 1. The van der Waals surface area contributed by atoms with E-state index in [4.69, 9.17) is 0 Å². The Hall–Kier alpha value is -2.37. The van der Waals surface area contributed by atoms with Crippen LogP contribution in [0, 0.1) is 11.2 Å². The zero-order chi connectivity index (χ0) is 28.4. The Labute approximate surface area is 241 Å². The van der Waals surface area contributed by atoms with Gasteiger partial charge < -0.3 is 10.3 Å². The lowest BCUT2D eigenvalue weighted by atomic mass is 9.62. The average molecular weight is 547 g/mol. The first-order valence-corrected chi connectivity index (χ1v) is 16.1. The minimum absolute atomic E-state index is 0.0620. The minimum atomic E-state index is -0.0698. The molecule has 0 spiro atoms. The Morgan fingerprint density at radius 3 is 2.55 bits per heavy atom. The number of benzene rings is 2. The number of unbranched alkanes of at least 4 members (excludes halogenated alkanes) is 1. The quantitative estimate of drug-likeness (QED) is 0.283. The second kappa shape index (κ2) is 12.2. The van der Waals surface area contributed by atoms with Crippen LogP contribution < -0.4 is 5.32 Å². The van der Waals surface area contributed by atoms with Crippen molar-refractivity contribution in [3.63, 3.8) is 0 Å². The summed E-state index contributed by atoms with van der Waals surface area (Å²) in [7, 11) is 0. The van der Waals surface area contributed by atoms with Crippen LogP contribution in [0.1, 0.15) is 102 Å². The summed E-state index contributed by atoms with van der Waals surface area (Å²) in [4.78, 5) is 8.93. The van der Waals surface area contributed by atoms with Crippen LogP contribution in [0.5, 0.6) is 0 Å². The third kappa shape index (κ3) is 5.20. The summed E-state index contributed by atoms with van der Waals surface area (Å²) in [6.45, 7) is 17.4. The van der Waals surface area contributed by atoms with Gasteiger partial charge in [0.05, 0.1) is 12.1 Å². The topological polar surface area (TPSA) is 34.3 Å². The van der Waals surface area contributed by atoms with Crippen LogP contribution in [0.25, 0.3) is 10.9 Å². The van der Waals surface area contributed by atoms with Crippen molar-refractivity contribution in [2.45, 2.75) is 105 Å². The number of aromatic amines is 1. The Kier molecular flexibility index (Phi) is 8.92. The first kappa shape index (κ1) is 29.1. The van der Waals surface area contributed by atoms with E-state index in [0.717, 1.165) is 49.3 Å². The fraction of sp³-hybridized carbons (Fsp3) is 0.600. The number of nitrogens with zero attached hydrogens (tertiary/aromatic N) is 2. The molecule has 3 aromatic rings. The molecule has 2 fully saturated rings. The molecule has 3 aliphatic rings. The predicted molar refractivity (Wildman–Crippen MR) is 168 cm³/mol. The van der Waals surface area contributed by atoms with Gasteiger partial charge in [-0.15, -0.1) is 0 Å². The molecular weight excluding hydrogens is 495 g/mol. The van der Waals surface area contributed by atoms with E-state index >= 15 is 4.39 Å². The minimum Gasteiger partial charge on any atom is -0.380 e. The number of aromatic nitrogens is 1. The van der Waals surface area contributed by atoms with Crippen molar-refractivity contribution in [2.75, 3.05) is 31.5 Å². The summed E-state index contributed by atoms with van der Waals surface area (Å²) < 4.78 is 16.4. The number of hydrogen-bond acceptors (Lipinski definition) is 3. The van der Waals surface area contributed by atoms with Crippen LogP contribution in [0.15, 0.2) is 36.4 Å². The molecule has 1 aromatic heterocycles. The van der Waals surface area contributed by atoms with Crippen molar-refractivity contribution >= 4 is 16.6 Å². The van der Waals surface area contributed by atoms with Crippen LogP contribution >= 0.6 is 0 Å². The van der Waals surface area contributed by atoms with Gasteiger partial charge in [-0.05, 0) is 79.8 Å². The number of nitrogens with one attached hydrogen (secondary N) is 2. The molecule has 4 nitrogen and oxygen atoms in total. The molecule has 2 aliphatic heterocycles. The van der Waals surface area contributed by atoms with Gasteiger partial charge in [0.2, 0.25) is 0 Å². The lowest BCUT2D eigenvalue weighted by Crippen LogP contribution is -2.56. The SMILES string of the molecule is CC.CCCCN1CC(Nc2cc(F)c(C3c4[nH]c5ccccc5c4CCN3C3CCC3(C)CC)c(CC)c2)C1. The molecule has 218 valence electrons. The number of hydrogen-bond donors (Lipinski definition) is 2. The molecule has 2 N–H and O–H groups in total. The molecule has 1 aliphatic carbocycles. The molecule has 5 heteroatoms. The maximum atomic E-state index is 16.4. The fourth-order valence-corrected chi connectivity index (χ4v) is 7.47. The summed E-state index contributed by atoms with van der Waals surface area (Å²) >= 11 is 0. The number of H-pyrrole nitrogens is 1. The Balaban J connectivity index is 0.00000158. The Bertz CT molecular complexity index is 1290. The van der Waals surface area contributed by atoms with Crippen LogP contribution in [-0.2, 0) is 12.8 Å². The van der Waals surface area contributed by atoms with Gasteiger partial charge in [0, 0.05) is 53.5 Å². The molecule has 3 heterocycles. The van der Waals surface area contributed by atoms with Crippen molar-refractivity contribution in [1.82, 2.24) is 14.8 Å². The van der Waals surface area contributed by atoms with Gasteiger partial charge in [-0.25, -0.2) is 4.39 Å². The van der Waals surface area contributed by atoms with Gasteiger partial charge >= 0.3 is 0 Å². The Morgan fingerprint density at radius 2 is 1.88 bits per heavy atom. The molecule has 0 radical (unpaired) electrons. The third-order valence-corrected chi connectivity index (χ3v) is 10.1. The number of rotatable bonds is 9. The van der Waals surface area contributed by atoms with Crippen LogP contribution in [0.3, 0.4) is 0 Å². The monoisotopic (exact) mass is 546 g/mol. The largest absolute Gasteiger partial charge is 0.380 e. The predicted octanol–water partition coefficient (Wildman–Crippen LogP) is 8.32. The van der Waals surface area contributed by atoms with Gasteiger partial charge in [0.25, 0.3) is 0 Å². The average Bonchev–Trinajstić information content (AvgIpc) is 3.33. The first-order chi connectivity index (χ1) is 19.5. The molecule has 1 saturated carbocycles. The smallest absolute Gasteiger partial charge is 0.130 e. The van der Waals surface area contributed by atoms with E-state index < -0.39 is 0 Å². The lowest BCUT2D eigenvalue weighted by molar-refractivity contribution is -0.0370. The highest BCUT2D eigenvalue weighted by Gasteiger charge is 2.49. The summed E-state index contributed by atoms with van der Waals surface area (Å²) in [6, 6.07) is 13.5. The molecule has 1 saturated heterocycles. The second-order valence-corrected chi connectivity index (χ2v) is 12.4. The molecule has 3 unspecified atom stereocenters. The molecule has 2 aromatic carbocycles. The van der Waals surface area contributed by atoms with Gasteiger partial charge in [-0.2, -0.15) is 0 Å². The van der Waals surface area contributed by atoms with Gasteiger partial charge in [-0.1, -0.05) is 66.2 Å². The van der Waals surface area contributed by atoms with Crippen molar-refractivity contribution in [3.8, 4) is 0 Å². The van der Waals surface area contributed by atoms with E-state index in [1.165, 1.54) is 60.8 Å². The highest BCUT2D eigenvalue weighted by Crippen LogP contribution is 2.52.